The molecule has 0 aliphatic rings. The number of oxazole rings is 1. The van der Waals surface area contributed by atoms with E-state index < -0.39 is 0 Å². The monoisotopic (exact) mass is 256 g/mol. The summed E-state index contributed by atoms with van der Waals surface area (Å²) in [5, 5.41) is 0. The number of hydrogen-bond acceptors (Lipinski definition) is 3. The van der Waals surface area contributed by atoms with Crippen molar-refractivity contribution in [3.63, 3.8) is 0 Å². The molecule has 0 saturated carbocycles. The summed E-state index contributed by atoms with van der Waals surface area (Å²) in [6.07, 6.45) is 1.50. The van der Waals surface area contributed by atoms with Crippen molar-refractivity contribution in [2.75, 3.05) is 5.73 Å². The molecule has 0 aliphatic heterocycles. The van der Waals surface area contributed by atoms with Crippen molar-refractivity contribution in [3.8, 4) is 11.3 Å². The minimum absolute atomic E-state index is 0.0976. The number of halogens is 2. The van der Waals surface area contributed by atoms with E-state index in [9.17, 15) is 4.39 Å². The highest BCUT2D eigenvalue weighted by Crippen LogP contribution is 2.25. The Labute approximate surface area is 87.9 Å². The summed E-state index contributed by atoms with van der Waals surface area (Å²) in [5.41, 5.74) is 6.04. The molecule has 2 aromatic rings. The van der Waals surface area contributed by atoms with E-state index in [0.717, 1.165) is 5.56 Å². The quantitative estimate of drug-likeness (QED) is 0.854. The molecule has 0 aliphatic carbocycles. The van der Waals surface area contributed by atoms with E-state index in [1.165, 1.54) is 12.3 Å². The molecule has 5 heteroatoms. The van der Waals surface area contributed by atoms with E-state index in [2.05, 4.69) is 20.9 Å². The fourth-order valence-corrected chi connectivity index (χ4v) is 1.45. The fourth-order valence-electron chi connectivity index (χ4n) is 1.07. The van der Waals surface area contributed by atoms with Gasteiger partial charge in [-0.05, 0) is 34.1 Å². The Morgan fingerprint density at radius 2 is 2.21 bits per heavy atom. The summed E-state index contributed by atoms with van der Waals surface area (Å²) in [6, 6.07) is 4.65. The number of anilines is 1. The molecule has 2 N–H and O–H groups in total. The highest BCUT2D eigenvalue weighted by Gasteiger charge is 2.06. The number of rotatable bonds is 1. The van der Waals surface area contributed by atoms with Crippen LogP contribution in [0.1, 0.15) is 0 Å². The summed E-state index contributed by atoms with van der Waals surface area (Å²) in [5.74, 6) is 0.199. The minimum Gasteiger partial charge on any atom is -0.424 e. The van der Waals surface area contributed by atoms with Gasteiger partial charge in [-0.25, -0.2) is 9.37 Å². The van der Waals surface area contributed by atoms with Crippen LogP contribution in [0.3, 0.4) is 0 Å². The van der Waals surface area contributed by atoms with Crippen LogP contribution in [0.25, 0.3) is 11.3 Å². The first-order chi connectivity index (χ1) is 6.66. The predicted octanol–water partition coefficient (Wildman–Crippen LogP) is 2.83. The maximum Gasteiger partial charge on any atom is 0.292 e. The molecule has 72 valence electrons. The molecule has 0 atom stereocenters. The van der Waals surface area contributed by atoms with Crippen molar-refractivity contribution < 1.29 is 8.81 Å². The zero-order valence-electron chi connectivity index (χ0n) is 7.00. The SMILES string of the molecule is Nc1ncc(-c2ccc(F)c(Br)c2)o1. The Hall–Kier alpha value is -1.36. The van der Waals surface area contributed by atoms with E-state index in [1.807, 2.05) is 0 Å². The standard InChI is InChI=1S/C9H6BrFN2O/c10-6-3-5(1-2-7(6)11)8-4-13-9(12)14-8/h1-4H,(H2,12,13). The molecule has 0 unspecified atom stereocenters. The molecule has 0 bridgehead atoms. The van der Waals surface area contributed by atoms with Crippen LogP contribution in [-0.2, 0) is 0 Å². The molecule has 1 aromatic carbocycles. The summed E-state index contributed by atoms with van der Waals surface area (Å²) in [4.78, 5) is 3.75. The van der Waals surface area contributed by atoms with Gasteiger partial charge in [-0.1, -0.05) is 0 Å². The normalized spacial score (nSPS) is 10.4. The number of nitrogen functional groups attached to an aromatic ring is 1. The van der Waals surface area contributed by atoms with Gasteiger partial charge in [-0.15, -0.1) is 0 Å². The molecular formula is C9H6BrFN2O. The van der Waals surface area contributed by atoms with Crippen molar-refractivity contribution in [1.29, 1.82) is 0 Å². The van der Waals surface area contributed by atoms with Crippen LogP contribution < -0.4 is 5.73 Å². The van der Waals surface area contributed by atoms with Gasteiger partial charge in [0.15, 0.2) is 5.76 Å². The van der Waals surface area contributed by atoms with E-state index in [-0.39, 0.29) is 11.8 Å². The van der Waals surface area contributed by atoms with Gasteiger partial charge in [0.05, 0.1) is 10.7 Å². The molecule has 0 saturated heterocycles. The summed E-state index contributed by atoms with van der Waals surface area (Å²) < 4.78 is 18.4. The lowest BCUT2D eigenvalue weighted by molar-refractivity contribution is 0.593. The van der Waals surface area contributed by atoms with Crippen LogP contribution in [0.5, 0.6) is 0 Å². The third-order valence-electron chi connectivity index (χ3n) is 1.73. The first-order valence-electron chi connectivity index (χ1n) is 3.83. The van der Waals surface area contributed by atoms with Gasteiger partial charge in [0.25, 0.3) is 6.01 Å². The average Bonchev–Trinajstić information content (AvgIpc) is 2.57. The largest absolute Gasteiger partial charge is 0.424 e. The molecule has 0 fully saturated rings. The summed E-state index contributed by atoms with van der Waals surface area (Å²) in [7, 11) is 0. The fraction of sp³-hybridized carbons (Fsp3) is 0. The topological polar surface area (TPSA) is 52.0 Å². The van der Waals surface area contributed by atoms with Crippen molar-refractivity contribution in [2.45, 2.75) is 0 Å². The lowest BCUT2D eigenvalue weighted by atomic mass is 10.2. The molecule has 3 nitrogen and oxygen atoms in total. The molecule has 0 radical (unpaired) electrons. The van der Waals surface area contributed by atoms with Crippen LogP contribution in [0.4, 0.5) is 10.4 Å². The van der Waals surface area contributed by atoms with Gasteiger partial charge in [0.1, 0.15) is 5.82 Å². The summed E-state index contributed by atoms with van der Waals surface area (Å²) >= 11 is 3.08. The molecule has 14 heavy (non-hydrogen) atoms. The second-order valence-corrected chi connectivity index (χ2v) is 3.55. The maximum atomic E-state index is 12.9. The lowest BCUT2D eigenvalue weighted by Crippen LogP contribution is -1.80. The van der Waals surface area contributed by atoms with Gasteiger partial charge in [-0.2, -0.15) is 0 Å². The van der Waals surface area contributed by atoms with E-state index in [4.69, 9.17) is 10.2 Å². The number of hydrogen-bond donors (Lipinski definition) is 1. The molecule has 1 heterocycles. The van der Waals surface area contributed by atoms with Gasteiger partial charge in [-0.3, -0.25) is 0 Å². The van der Waals surface area contributed by atoms with Crippen molar-refractivity contribution >= 4 is 21.9 Å². The van der Waals surface area contributed by atoms with E-state index in [0.29, 0.717) is 10.2 Å². The lowest BCUT2D eigenvalue weighted by Gasteiger charge is -1.97. The zero-order chi connectivity index (χ0) is 10.1. The number of aromatic nitrogens is 1. The third-order valence-corrected chi connectivity index (χ3v) is 2.34. The van der Waals surface area contributed by atoms with Crippen LogP contribution in [0.2, 0.25) is 0 Å². The second kappa shape index (κ2) is 3.42. The molecule has 2 rings (SSSR count). The van der Waals surface area contributed by atoms with Gasteiger partial charge in [0, 0.05) is 5.56 Å². The van der Waals surface area contributed by atoms with Gasteiger partial charge in [0.2, 0.25) is 0 Å². The molecular weight excluding hydrogens is 251 g/mol. The number of nitrogens with zero attached hydrogens (tertiary/aromatic N) is 1. The Kier molecular flexibility index (Phi) is 2.25. The molecule has 1 aromatic heterocycles. The smallest absolute Gasteiger partial charge is 0.292 e. The van der Waals surface area contributed by atoms with Crippen molar-refractivity contribution in [3.05, 3.63) is 34.7 Å². The summed E-state index contributed by atoms with van der Waals surface area (Å²) in [6.45, 7) is 0. The van der Waals surface area contributed by atoms with Crippen molar-refractivity contribution in [1.82, 2.24) is 4.98 Å². The Balaban J connectivity index is 2.47. The average molecular weight is 257 g/mol. The number of nitrogens with two attached hydrogens (primary N) is 1. The van der Waals surface area contributed by atoms with E-state index >= 15 is 0 Å². The van der Waals surface area contributed by atoms with E-state index in [1.54, 1.807) is 12.1 Å². The van der Waals surface area contributed by atoms with Crippen LogP contribution >= 0.6 is 15.9 Å². The maximum absolute atomic E-state index is 12.9. The van der Waals surface area contributed by atoms with Gasteiger partial charge < -0.3 is 10.2 Å². The first kappa shape index (κ1) is 9.21. The Bertz CT molecular complexity index is 470. The Morgan fingerprint density at radius 1 is 1.43 bits per heavy atom. The van der Waals surface area contributed by atoms with Gasteiger partial charge >= 0.3 is 0 Å². The molecule has 0 spiro atoms. The zero-order valence-corrected chi connectivity index (χ0v) is 8.58. The van der Waals surface area contributed by atoms with Crippen LogP contribution in [0, 0.1) is 5.82 Å². The highest BCUT2D eigenvalue weighted by molar-refractivity contribution is 9.10. The van der Waals surface area contributed by atoms with Crippen LogP contribution in [-0.4, -0.2) is 4.98 Å². The van der Waals surface area contributed by atoms with Crippen LogP contribution in [0.15, 0.2) is 33.3 Å². The second-order valence-electron chi connectivity index (χ2n) is 2.69. The first-order valence-corrected chi connectivity index (χ1v) is 4.63. The Morgan fingerprint density at radius 3 is 2.79 bits per heavy atom. The predicted molar refractivity (Wildman–Crippen MR) is 54.0 cm³/mol. The minimum atomic E-state index is -0.318. The number of benzene rings is 1. The molecule has 0 amide bonds. The highest BCUT2D eigenvalue weighted by atomic mass is 79.9. The van der Waals surface area contributed by atoms with Crippen molar-refractivity contribution in [2.24, 2.45) is 0 Å². The third kappa shape index (κ3) is 1.63.